The standard InChI is InChI=1S/C23H30N4O2S/c1-4-30(28,29)27-18-9-10-22(26-17-7-5-15(2)6-8-17)21(14-18)20-13-16(3)25-23-19(20)11-12-24-23/h9-15,17,26-27H,4-8H2,1-3H3,(H,24,25). The van der Waals surface area contributed by atoms with Crippen LogP contribution in [0.5, 0.6) is 0 Å². The van der Waals surface area contributed by atoms with Gasteiger partial charge in [0.25, 0.3) is 0 Å². The highest BCUT2D eigenvalue weighted by molar-refractivity contribution is 7.92. The normalized spacial score (nSPS) is 19.7. The molecule has 3 N–H and O–H groups in total. The molecular formula is C23H30N4O2S. The number of benzene rings is 1. The Hall–Kier alpha value is -2.54. The van der Waals surface area contributed by atoms with Crippen LogP contribution >= 0.6 is 0 Å². The Morgan fingerprint density at radius 1 is 1.10 bits per heavy atom. The number of nitrogens with one attached hydrogen (secondary N) is 3. The number of nitrogens with zero attached hydrogens (tertiary/aromatic N) is 1. The maximum atomic E-state index is 12.1. The molecule has 2 heterocycles. The van der Waals surface area contributed by atoms with E-state index in [2.05, 4.69) is 33.0 Å². The molecule has 4 rings (SSSR count). The Labute approximate surface area is 178 Å². The average Bonchev–Trinajstić information content (AvgIpc) is 3.18. The number of pyridine rings is 1. The second-order valence-corrected chi connectivity index (χ2v) is 10.4. The van der Waals surface area contributed by atoms with Crippen LogP contribution in [0.25, 0.3) is 22.2 Å². The van der Waals surface area contributed by atoms with Gasteiger partial charge in [0.1, 0.15) is 5.65 Å². The number of fused-ring (bicyclic) bond motifs is 1. The molecule has 6 nitrogen and oxygen atoms in total. The van der Waals surface area contributed by atoms with Crippen LogP contribution in [-0.4, -0.2) is 30.2 Å². The summed E-state index contributed by atoms with van der Waals surface area (Å²) < 4.78 is 27.0. The van der Waals surface area contributed by atoms with Crippen LogP contribution in [0, 0.1) is 12.8 Å². The summed E-state index contributed by atoms with van der Waals surface area (Å²) >= 11 is 0. The van der Waals surface area contributed by atoms with E-state index in [-0.39, 0.29) is 5.75 Å². The third-order valence-electron chi connectivity index (χ3n) is 6.00. The molecule has 3 aromatic rings. The number of hydrogen-bond donors (Lipinski definition) is 3. The molecule has 0 spiro atoms. The predicted octanol–water partition coefficient (Wildman–Crippen LogP) is 5.29. The molecule has 1 saturated carbocycles. The van der Waals surface area contributed by atoms with Crippen LogP contribution < -0.4 is 10.0 Å². The highest BCUT2D eigenvalue weighted by Crippen LogP contribution is 2.37. The first kappa shape index (κ1) is 20.7. The fourth-order valence-corrected chi connectivity index (χ4v) is 4.85. The maximum Gasteiger partial charge on any atom is 0.232 e. The van der Waals surface area contributed by atoms with Crippen molar-refractivity contribution in [3.8, 4) is 11.1 Å². The molecule has 0 saturated heterocycles. The molecule has 0 amide bonds. The van der Waals surface area contributed by atoms with E-state index in [0.717, 1.165) is 52.3 Å². The van der Waals surface area contributed by atoms with Crippen LogP contribution in [0.1, 0.15) is 45.2 Å². The lowest BCUT2D eigenvalue weighted by Crippen LogP contribution is -2.25. The van der Waals surface area contributed by atoms with Crippen LogP contribution in [0.3, 0.4) is 0 Å². The van der Waals surface area contributed by atoms with Crippen LogP contribution in [-0.2, 0) is 10.0 Å². The predicted molar refractivity (Wildman–Crippen MR) is 124 cm³/mol. The van der Waals surface area contributed by atoms with Crippen molar-refractivity contribution in [3.05, 3.63) is 42.2 Å². The SMILES string of the molecule is CCS(=O)(=O)Nc1ccc(NC2CCC(C)CC2)c(-c2cc(C)nc3[nH]ccc23)c1. The lowest BCUT2D eigenvalue weighted by molar-refractivity contribution is 0.361. The Balaban J connectivity index is 1.78. The zero-order valence-electron chi connectivity index (χ0n) is 17.8. The maximum absolute atomic E-state index is 12.1. The molecule has 1 aliphatic rings. The number of sulfonamides is 1. The quantitative estimate of drug-likeness (QED) is 0.500. The molecule has 160 valence electrons. The van der Waals surface area contributed by atoms with Gasteiger partial charge in [0, 0.05) is 40.3 Å². The van der Waals surface area contributed by atoms with E-state index >= 15 is 0 Å². The van der Waals surface area contributed by atoms with Crippen molar-refractivity contribution >= 4 is 32.4 Å². The van der Waals surface area contributed by atoms with Gasteiger partial charge < -0.3 is 10.3 Å². The molecule has 0 atom stereocenters. The highest BCUT2D eigenvalue weighted by Gasteiger charge is 2.20. The number of anilines is 2. The monoisotopic (exact) mass is 426 g/mol. The van der Waals surface area contributed by atoms with Crippen molar-refractivity contribution in [1.82, 2.24) is 9.97 Å². The van der Waals surface area contributed by atoms with Crippen molar-refractivity contribution < 1.29 is 8.42 Å². The van der Waals surface area contributed by atoms with Gasteiger partial charge in [-0.25, -0.2) is 13.4 Å². The number of aromatic nitrogens is 2. The molecule has 7 heteroatoms. The molecule has 0 aliphatic heterocycles. The fraction of sp³-hybridized carbons (Fsp3) is 0.435. The van der Waals surface area contributed by atoms with Gasteiger partial charge in [0.05, 0.1) is 5.75 Å². The van der Waals surface area contributed by atoms with Crippen molar-refractivity contribution in [3.63, 3.8) is 0 Å². The molecule has 30 heavy (non-hydrogen) atoms. The molecule has 0 bridgehead atoms. The van der Waals surface area contributed by atoms with Crippen LogP contribution in [0.2, 0.25) is 0 Å². The van der Waals surface area contributed by atoms with Crippen molar-refractivity contribution in [2.75, 3.05) is 15.8 Å². The largest absolute Gasteiger partial charge is 0.382 e. The Morgan fingerprint density at radius 2 is 1.87 bits per heavy atom. The third-order valence-corrected chi connectivity index (χ3v) is 7.30. The zero-order chi connectivity index (χ0) is 21.3. The van der Waals surface area contributed by atoms with E-state index in [0.29, 0.717) is 11.7 Å². The van der Waals surface area contributed by atoms with Gasteiger partial charge in [-0.15, -0.1) is 0 Å². The van der Waals surface area contributed by atoms with E-state index in [1.54, 1.807) is 6.92 Å². The molecule has 1 aliphatic carbocycles. The van der Waals surface area contributed by atoms with Crippen LogP contribution in [0.4, 0.5) is 11.4 Å². The van der Waals surface area contributed by atoms with Gasteiger partial charge in [-0.05, 0) is 81.3 Å². The Morgan fingerprint density at radius 3 is 2.60 bits per heavy atom. The van der Waals surface area contributed by atoms with Gasteiger partial charge in [0.15, 0.2) is 0 Å². The lowest BCUT2D eigenvalue weighted by Gasteiger charge is -2.29. The minimum Gasteiger partial charge on any atom is -0.382 e. The summed E-state index contributed by atoms with van der Waals surface area (Å²) in [6.07, 6.45) is 6.66. The number of aromatic amines is 1. The first-order valence-corrected chi connectivity index (χ1v) is 12.4. The minimum atomic E-state index is -3.35. The molecule has 0 radical (unpaired) electrons. The summed E-state index contributed by atoms with van der Waals surface area (Å²) in [5, 5.41) is 4.77. The summed E-state index contributed by atoms with van der Waals surface area (Å²) in [4.78, 5) is 7.78. The second kappa shape index (κ2) is 8.30. The topological polar surface area (TPSA) is 86.9 Å². The molecule has 1 aromatic carbocycles. The smallest absolute Gasteiger partial charge is 0.232 e. The van der Waals surface area contributed by atoms with Gasteiger partial charge in [-0.2, -0.15) is 0 Å². The number of aryl methyl sites for hydroxylation is 1. The van der Waals surface area contributed by atoms with Gasteiger partial charge >= 0.3 is 0 Å². The van der Waals surface area contributed by atoms with E-state index in [4.69, 9.17) is 0 Å². The minimum absolute atomic E-state index is 0.0407. The summed E-state index contributed by atoms with van der Waals surface area (Å²) in [6.45, 7) is 5.93. The van der Waals surface area contributed by atoms with E-state index in [1.165, 1.54) is 12.8 Å². The summed E-state index contributed by atoms with van der Waals surface area (Å²) in [5.74, 6) is 0.828. The van der Waals surface area contributed by atoms with Gasteiger partial charge in [-0.3, -0.25) is 4.72 Å². The Bertz CT molecular complexity index is 1150. The lowest BCUT2D eigenvalue weighted by atomic mass is 9.87. The molecule has 2 aromatic heterocycles. The molecular weight excluding hydrogens is 396 g/mol. The third kappa shape index (κ3) is 4.46. The summed E-state index contributed by atoms with van der Waals surface area (Å²) in [5.41, 5.74) is 5.39. The number of H-pyrrole nitrogens is 1. The van der Waals surface area contributed by atoms with Crippen LogP contribution in [0.15, 0.2) is 36.5 Å². The van der Waals surface area contributed by atoms with E-state index in [1.807, 2.05) is 37.4 Å². The van der Waals surface area contributed by atoms with Crippen molar-refractivity contribution in [2.45, 2.75) is 52.5 Å². The Kier molecular flexibility index (Phi) is 5.73. The number of rotatable bonds is 6. The first-order chi connectivity index (χ1) is 14.3. The summed E-state index contributed by atoms with van der Waals surface area (Å²) in [6, 6.07) is 10.3. The van der Waals surface area contributed by atoms with Gasteiger partial charge in [-0.1, -0.05) is 6.92 Å². The first-order valence-electron chi connectivity index (χ1n) is 10.7. The molecule has 0 unspecified atom stereocenters. The fourth-order valence-electron chi connectivity index (χ4n) is 4.22. The van der Waals surface area contributed by atoms with Crippen molar-refractivity contribution in [1.29, 1.82) is 0 Å². The number of hydrogen-bond acceptors (Lipinski definition) is 4. The summed E-state index contributed by atoms with van der Waals surface area (Å²) in [7, 11) is -3.35. The van der Waals surface area contributed by atoms with E-state index < -0.39 is 10.0 Å². The van der Waals surface area contributed by atoms with E-state index in [9.17, 15) is 8.42 Å². The zero-order valence-corrected chi connectivity index (χ0v) is 18.6. The second-order valence-electron chi connectivity index (χ2n) is 8.42. The van der Waals surface area contributed by atoms with Crippen molar-refractivity contribution in [2.24, 2.45) is 5.92 Å². The van der Waals surface area contributed by atoms with Gasteiger partial charge in [0.2, 0.25) is 10.0 Å². The highest BCUT2D eigenvalue weighted by atomic mass is 32.2. The average molecular weight is 427 g/mol. The molecule has 1 fully saturated rings.